The number of nitrogens with one attached hydrogen (secondary N) is 3. The van der Waals surface area contributed by atoms with Crippen LogP contribution in [-0.4, -0.2) is 66.3 Å². The molecule has 2 rings (SSSR count). The molecule has 1 aromatic heterocycles. The quantitative estimate of drug-likeness (QED) is 0.325. The highest BCUT2D eigenvalue weighted by molar-refractivity contribution is 14.0. The predicted molar refractivity (Wildman–Crippen MR) is 110 cm³/mol. The average Bonchev–Trinajstić information content (AvgIpc) is 2.95. The third-order valence-corrected chi connectivity index (χ3v) is 4.11. The number of guanidine groups is 1. The number of hydrogen-bond acceptors (Lipinski definition) is 4. The number of amides is 1. The van der Waals surface area contributed by atoms with Gasteiger partial charge in [-0.3, -0.25) is 14.5 Å². The summed E-state index contributed by atoms with van der Waals surface area (Å²) in [6.45, 7) is 4.12. The van der Waals surface area contributed by atoms with Crippen LogP contribution in [0.3, 0.4) is 0 Å². The van der Waals surface area contributed by atoms with Crippen molar-refractivity contribution in [2.24, 2.45) is 12.0 Å². The monoisotopic (exact) mass is 463 g/mol. The van der Waals surface area contributed by atoms with Crippen LogP contribution in [0.4, 0.5) is 0 Å². The molecule has 8 nitrogen and oxygen atoms in total. The first-order valence-electron chi connectivity index (χ1n) is 8.46. The number of aromatic nitrogens is 2. The van der Waals surface area contributed by atoms with Gasteiger partial charge in [0.2, 0.25) is 5.91 Å². The highest BCUT2D eigenvalue weighted by Gasteiger charge is 2.20. The first-order chi connectivity index (χ1) is 11.5. The van der Waals surface area contributed by atoms with Gasteiger partial charge in [-0.05, 0) is 27.4 Å². The molecular formula is C16H30IN7O. The molecule has 1 amide bonds. The van der Waals surface area contributed by atoms with Crippen molar-refractivity contribution in [2.45, 2.75) is 31.8 Å². The van der Waals surface area contributed by atoms with Crippen molar-refractivity contribution in [3.8, 4) is 0 Å². The largest absolute Gasteiger partial charge is 0.357 e. The molecule has 1 saturated heterocycles. The molecule has 0 radical (unpaired) electrons. The molecule has 2 heterocycles. The van der Waals surface area contributed by atoms with E-state index in [2.05, 4.69) is 25.9 Å². The number of likely N-dealkylation sites (N-methyl/N-ethyl adjacent to an activating group) is 1. The van der Waals surface area contributed by atoms with Crippen molar-refractivity contribution in [2.75, 3.05) is 33.7 Å². The third-order valence-electron chi connectivity index (χ3n) is 4.11. The Morgan fingerprint density at radius 1 is 1.56 bits per heavy atom. The Hall–Kier alpha value is -1.36. The summed E-state index contributed by atoms with van der Waals surface area (Å²) in [7, 11) is 6.01. The van der Waals surface area contributed by atoms with Gasteiger partial charge in [0.15, 0.2) is 5.96 Å². The van der Waals surface area contributed by atoms with E-state index in [1.807, 2.05) is 45.1 Å². The molecule has 9 heteroatoms. The highest BCUT2D eigenvalue weighted by atomic mass is 127. The Morgan fingerprint density at radius 3 is 2.84 bits per heavy atom. The minimum atomic E-state index is 0. The van der Waals surface area contributed by atoms with E-state index in [9.17, 15) is 4.79 Å². The minimum absolute atomic E-state index is 0. The van der Waals surface area contributed by atoms with Crippen molar-refractivity contribution in [3.05, 3.63) is 18.0 Å². The third kappa shape index (κ3) is 6.81. The van der Waals surface area contributed by atoms with E-state index < -0.39 is 0 Å². The molecule has 2 unspecified atom stereocenters. The normalized spacial score (nSPS) is 19.2. The SMILES string of the molecule is CCNC(=NCC(c1cnn(C)c1)N(C)C)NC1CCC(=O)NC1.I. The fraction of sp³-hybridized carbons (Fsp3) is 0.688. The maximum atomic E-state index is 11.3. The lowest BCUT2D eigenvalue weighted by atomic mass is 10.1. The lowest BCUT2D eigenvalue weighted by Crippen LogP contribution is -2.51. The molecule has 0 aromatic carbocycles. The summed E-state index contributed by atoms with van der Waals surface area (Å²) in [6, 6.07) is 0.386. The van der Waals surface area contributed by atoms with Crippen molar-refractivity contribution in [3.63, 3.8) is 0 Å². The van der Waals surface area contributed by atoms with Gasteiger partial charge in [0.05, 0.1) is 18.8 Å². The summed E-state index contributed by atoms with van der Waals surface area (Å²) >= 11 is 0. The number of halogens is 1. The zero-order valence-corrected chi connectivity index (χ0v) is 17.8. The van der Waals surface area contributed by atoms with E-state index in [0.29, 0.717) is 19.5 Å². The zero-order chi connectivity index (χ0) is 17.5. The van der Waals surface area contributed by atoms with E-state index in [4.69, 9.17) is 4.99 Å². The minimum Gasteiger partial charge on any atom is -0.357 e. The summed E-state index contributed by atoms with van der Waals surface area (Å²) in [4.78, 5) is 18.2. The van der Waals surface area contributed by atoms with Crippen LogP contribution >= 0.6 is 24.0 Å². The first-order valence-corrected chi connectivity index (χ1v) is 8.46. The number of rotatable bonds is 6. The molecule has 1 aliphatic rings. The van der Waals surface area contributed by atoms with Gasteiger partial charge in [0, 0.05) is 44.4 Å². The van der Waals surface area contributed by atoms with Crippen LogP contribution in [0.2, 0.25) is 0 Å². The van der Waals surface area contributed by atoms with Crippen LogP contribution in [-0.2, 0) is 11.8 Å². The van der Waals surface area contributed by atoms with Gasteiger partial charge < -0.3 is 20.9 Å². The number of carbonyl (C=O) groups excluding carboxylic acids is 1. The topological polar surface area (TPSA) is 86.6 Å². The summed E-state index contributed by atoms with van der Waals surface area (Å²) in [5.41, 5.74) is 1.15. The number of nitrogens with zero attached hydrogens (tertiary/aromatic N) is 4. The van der Waals surface area contributed by atoms with Crippen LogP contribution < -0.4 is 16.0 Å². The van der Waals surface area contributed by atoms with Gasteiger partial charge in [0.1, 0.15) is 0 Å². The van der Waals surface area contributed by atoms with Gasteiger partial charge in [-0.15, -0.1) is 24.0 Å². The van der Waals surface area contributed by atoms with Crippen molar-refractivity contribution >= 4 is 35.8 Å². The van der Waals surface area contributed by atoms with Crippen LogP contribution in [0.5, 0.6) is 0 Å². The van der Waals surface area contributed by atoms with Crippen LogP contribution in [0.25, 0.3) is 0 Å². The molecule has 0 saturated carbocycles. The number of piperidine rings is 1. The molecule has 0 bridgehead atoms. The predicted octanol–water partition coefficient (Wildman–Crippen LogP) is 0.475. The number of hydrogen-bond donors (Lipinski definition) is 3. The summed E-state index contributed by atoms with van der Waals surface area (Å²) < 4.78 is 1.81. The standard InChI is InChI=1S/C16H29N7O.HI/c1-5-17-16(21-13-6-7-15(24)18-9-13)19-10-14(22(2)3)12-8-20-23(4)11-12;/h8,11,13-14H,5-7,9-10H2,1-4H3,(H,18,24)(H2,17,19,21);1H. The van der Waals surface area contributed by atoms with E-state index in [0.717, 1.165) is 24.5 Å². The first kappa shape index (κ1) is 21.7. The van der Waals surface area contributed by atoms with Gasteiger partial charge in [-0.2, -0.15) is 5.10 Å². The Bertz CT molecular complexity index is 563. The summed E-state index contributed by atoms with van der Waals surface area (Å²) in [6.07, 6.45) is 5.30. The Morgan fingerprint density at radius 2 is 2.32 bits per heavy atom. The number of aryl methyl sites for hydroxylation is 1. The van der Waals surface area contributed by atoms with Crippen LogP contribution in [0.15, 0.2) is 17.4 Å². The van der Waals surface area contributed by atoms with Crippen molar-refractivity contribution in [1.82, 2.24) is 30.6 Å². The summed E-state index contributed by atoms with van der Waals surface area (Å²) in [5, 5.41) is 13.8. The van der Waals surface area contributed by atoms with E-state index in [-0.39, 0.29) is 42.0 Å². The smallest absolute Gasteiger partial charge is 0.220 e. The molecule has 2 atom stereocenters. The molecule has 0 aliphatic carbocycles. The number of carbonyl (C=O) groups is 1. The van der Waals surface area contributed by atoms with Crippen LogP contribution in [0.1, 0.15) is 31.4 Å². The molecule has 3 N–H and O–H groups in total. The van der Waals surface area contributed by atoms with Gasteiger partial charge in [0.25, 0.3) is 0 Å². The molecule has 142 valence electrons. The second kappa shape index (κ2) is 10.6. The zero-order valence-electron chi connectivity index (χ0n) is 15.5. The second-order valence-electron chi connectivity index (χ2n) is 6.33. The van der Waals surface area contributed by atoms with Gasteiger partial charge in [-0.1, -0.05) is 0 Å². The molecule has 1 fully saturated rings. The highest BCUT2D eigenvalue weighted by Crippen LogP contribution is 2.17. The Labute approximate surface area is 166 Å². The van der Waals surface area contributed by atoms with E-state index >= 15 is 0 Å². The average molecular weight is 463 g/mol. The molecule has 1 aromatic rings. The lowest BCUT2D eigenvalue weighted by molar-refractivity contribution is -0.122. The number of aliphatic imine (C=N–C) groups is 1. The molecular weight excluding hydrogens is 433 g/mol. The maximum Gasteiger partial charge on any atom is 0.220 e. The molecule has 0 spiro atoms. The fourth-order valence-electron chi connectivity index (χ4n) is 2.73. The Kier molecular flexibility index (Phi) is 9.19. The lowest BCUT2D eigenvalue weighted by Gasteiger charge is -2.26. The van der Waals surface area contributed by atoms with Gasteiger partial charge in [-0.25, -0.2) is 0 Å². The van der Waals surface area contributed by atoms with Gasteiger partial charge >= 0.3 is 0 Å². The van der Waals surface area contributed by atoms with E-state index in [1.165, 1.54) is 0 Å². The summed E-state index contributed by atoms with van der Waals surface area (Å²) in [5.74, 6) is 0.911. The second-order valence-corrected chi connectivity index (χ2v) is 6.33. The molecule has 1 aliphatic heterocycles. The van der Waals surface area contributed by atoms with Crippen molar-refractivity contribution in [1.29, 1.82) is 0 Å². The van der Waals surface area contributed by atoms with E-state index in [1.54, 1.807) is 0 Å². The Balaban J connectivity index is 0.00000312. The maximum absolute atomic E-state index is 11.3. The van der Waals surface area contributed by atoms with Crippen LogP contribution in [0, 0.1) is 0 Å². The fourth-order valence-corrected chi connectivity index (χ4v) is 2.73. The molecule has 25 heavy (non-hydrogen) atoms. The van der Waals surface area contributed by atoms with Crippen molar-refractivity contribution < 1.29 is 4.79 Å².